The summed E-state index contributed by atoms with van der Waals surface area (Å²) in [5.74, 6) is -1.23. The maximum absolute atomic E-state index is 13.2. The van der Waals surface area contributed by atoms with Gasteiger partial charge < -0.3 is 15.5 Å². The lowest BCUT2D eigenvalue weighted by atomic mass is 9.82. The number of amides is 5. The monoisotopic (exact) mass is 532 g/mol. The highest BCUT2D eigenvalue weighted by Gasteiger charge is 2.47. The lowest BCUT2D eigenvalue weighted by Gasteiger charge is -2.40. The van der Waals surface area contributed by atoms with Gasteiger partial charge in [0.2, 0.25) is 11.8 Å². The van der Waals surface area contributed by atoms with Crippen molar-refractivity contribution in [3.63, 3.8) is 0 Å². The summed E-state index contributed by atoms with van der Waals surface area (Å²) in [5.41, 5.74) is -0.143. The molecule has 168 valence electrons. The van der Waals surface area contributed by atoms with Gasteiger partial charge in [-0.3, -0.25) is 19.7 Å². The van der Waals surface area contributed by atoms with E-state index in [0.717, 1.165) is 0 Å². The number of benzene rings is 1. The second-order valence-corrected chi connectivity index (χ2v) is 10.3. The minimum atomic E-state index is -0.930. The molecule has 2 fully saturated rings. The number of rotatable bonds is 3. The van der Waals surface area contributed by atoms with Crippen LogP contribution in [0.4, 0.5) is 4.79 Å². The van der Waals surface area contributed by atoms with Crippen molar-refractivity contribution in [1.29, 1.82) is 0 Å². The van der Waals surface area contributed by atoms with Crippen LogP contribution in [0.1, 0.15) is 44.0 Å². The van der Waals surface area contributed by atoms with Crippen LogP contribution in [0.2, 0.25) is 10.0 Å². The van der Waals surface area contributed by atoms with E-state index in [-0.39, 0.29) is 45.4 Å². The van der Waals surface area contributed by atoms with Crippen LogP contribution in [0.5, 0.6) is 0 Å². The fourth-order valence-electron chi connectivity index (χ4n) is 4.17. The Hall–Kier alpha value is -1.84. The molecule has 3 rings (SSSR count). The summed E-state index contributed by atoms with van der Waals surface area (Å²) < 4.78 is 0.583. The molecule has 11 heteroatoms. The number of hydrogen-bond acceptors (Lipinski definition) is 4. The highest BCUT2D eigenvalue weighted by Crippen LogP contribution is 2.36. The number of nitrogens with zero attached hydrogens (tertiary/aromatic N) is 1. The summed E-state index contributed by atoms with van der Waals surface area (Å²) in [6.45, 7) is 6.29. The van der Waals surface area contributed by atoms with Crippen LogP contribution in [0.25, 0.3) is 0 Å². The van der Waals surface area contributed by atoms with Crippen LogP contribution in [0.3, 0.4) is 0 Å². The van der Waals surface area contributed by atoms with E-state index in [1.165, 1.54) is 0 Å². The summed E-state index contributed by atoms with van der Waals surface area (Å²) in [5, 5.41) is 8.00. The van der Waals surface area contributed by atoms with Crippen LogP contribution in [-0.2, 0) is 9.59 Å². The number of carbonyl (C=O) groups excluding carboxylic acids is 4. The molecule has 0 spiro atoms. The quantitative estimate of drug-likeness (QED) is 0.519. The highest BCUT2D eigenvalue weighted by atomic mass is 79.9. The van der Waals surface area contributed by atoms with Gasteiger partial charge in [-0.15, -0.1) is 0 Å². The normalized spacial score (nSPS) is 23.9. The number of nitrogens with one attached hydrogen (secondary N) is 3. The van der Waals surface area contributed by atoms with Crippen molar-refractivity contribution >= 4 is 62.9 Å². The Morgan fingerprint density at radius 2 is 1.87 bits per heavy atom. The van der Waals surface area contributed by atoms with Crippen LogP contribution in [0.15, 0.2) is 16.6 Å². The Morgan fingerprint density at radius 1 is 1.19 bits per heavy atom. The molecule has 2 heterocycles. The maximum Gasteiger partial charge on any atom is 0.322 e. The van der Waals surface area contributed by atoms with Crippen molar-refractivity contribution in [3.8, 4) is 0 Å². The topological polar surface area (TPSA) is 108 Å². The average molecular weight is 534 g/mol. The fraction of sp³-hybridized carbons (Fsp3) is 0.500. The Labute approximate surface area is 198 Å². The number of imide groups is 1. The second-order valence-electron chi connectivity index (χ2n) is 8.71. The first-order valence-corrected chi connectivity index (χ1v) is 11.3. The van der Waals surface area contributed by atoms with Gasteiger partial charge in [0.05, 0.1) is 34.1 Å². The van der Waals surface area contributed by atoms with Crippen LogP contribution in [-0.4, -0.2) is 53.3 Å². The van der Waals surface area contributed by atoms with Gasteiger partial charge >= 0.3 is 6.03 Å². The van der Waals surface area contributed by atoms with Crippen molar-refractivity contribution in [2.75, 3.05) is 6.54 Å². The third kappa shape index (κ3) is 4.99. The first-order valence-electron chi connectivity index (χ1n) is 9.75. The van der Waals surface area contributed by atoms with E-state index in [0.29, 0.717) is 17.4 Å². The van der Waals surface area contributed by atoms with E-state index in [2.05, 4.69) is 31.9 Å². The minimum absolute atomic E-state index is 0.123. The predicted octanol–water partition coefficient (Wildman–Crippen LogP) is 3.10. The van der Waals surface area contributed by atoms with Gasteiger partial charge in [-0.25, -0.2) is 4.79 Å². The molecule has 8 nitrogen and oxygen atoms in total. The lowest BCUT2D eigenvalue weighted by molar-refractivity contribution is -0.139. The van der Waals surface area contributed by atoms with Gasteiger partial charge in [-0.05, 0) is 39.9 Å². The van der Waals surface area contributed by atoms with Crippen molar-refractivity contribution in [2.24, 2.45) is 5.41 Å². The molecule has 1 aromatic rings. The summed E-state index contributed by atoms with van der Waals surface area (Å²) >= 11 is 15.7. The standard InChI is InChI=1S/C20H23BrCl2N4O4/c1-20(2,3)16-11(24-17(29)9-4-5-10(21)15(23)14(9)22)6-7-27(16)18(30)12-8-13(28)26-19(31)25-12/h4-5,11-12,16H,6-8H2,1-3H3,(H,24,29)(H2,25,26,28,31)/t11-,12-,16-/m0/s1. The minimum Gasteiger partial charge on any atom is -0.347 e. The molecule has 0 aliphatic carbocycles. The van der Waals surface area contributed by atoms with Crippen molar-refractivity contribution in [2.45, 2.75) is 51.7 Å². The van der Waals surface area contributed by atoms with E-state index < -0.39 is 23.9 Å². The third-order valence-electron chi connectivity index (χ3n) is 5.41. The third-order valence-corrected chi connectivity index (χ3v) is 7.18. The molecule has 3 atom stereocenters. The Balaban J connectivity index is 1.81. The molecule has 0 saturated carbocycles. The Bertz CT molecular complexity index is 934. The number of urea groups is 1. The largest absolute Gasteiger partial charge is 0.347 e. The molecule has 3 N–H and O–H groups in total. The molecule has 5 amide bonds. The molecule has 0 unspecified atom stereocenters. The Kier molecular flexibility index (Phi) is 6.88. The van der Waals surface area contributed by atoms with Crippen LogP contribution >= 0.6 is 39.1 Å². The molecule has 0 radical (unpaired) electrons. The predicted molar refractivity (Wildman–Crippen MR) is 120 cm³/mol. The van der Waals surface area contributed by atoms with E-state index >= 15 is 0 Å². The summed E-state index contributed by atoms with van der Waals surface area (Å²) in [6, 6.07) is 0.908. The first-order chi connectivity index (χ1) is 14.4. The fourth-order valence-corrected chi connectivity index (χ4v) is 5.03. The lowest BCUT2D eigenvalue weighted by Crippen LogP contribution is -2.61. The van der Waals surface area contributed by atoms with Gasteiger partial charge in [0, 0.05) is 11.0 Å². The van der Waals surface area contributed by atoms with Crippen molar-refractivity contribution in [3.05, 3.63) is 32.2 Å². The van der Waals surface area contributed by atoms with Gasteiger partial charge in [-0.2, -0.15) is 0 Å². The zero-order chi connectivity index (χ0) is 23.1. The summed E-state index contributed by atoms with van der Waals surface area (Å²) in [7, 11) is 0. The number of carbonyl (C=O) groups is 4. The van der Waals surface area contributed by atoms with Crippen molar-refractivity contribution < 1.29 is 19.2 Å². The first kappa shape index (κ1) is 23.8. The van der Waals surface area contributed by atoms with Crippen LogP contribution < -0.4 is 16.0 Å². The molecular formula is C20H23BrCl2N4O4. The number of hydrogen-bond donors (Lipinski definition) is 3. The van der Waals surface area contributed by atoms with Gasteiger partial charge in [0.25, 0.3) is 5.91 Å². The molecule has 2 aliphatic heterocycles. The Morgan fingerprint density at radius 3 is 2.48 bits per heavy atom. The number of halogens is 3. The molecule has 31 heavy (non-hydrogen) atoms. The van der Waals surface area contributed by atoms with E-state index in [1.54, 1.807) is 17.0 Å². The molecule has 2 aliphatic rings. The van der Waals surface area contributed by atoms with Crippen LogP contribution in [0, 0.1) is 5.41 Å². The molecular weight excluding hydrogens is 511 g/mol. The summed E-state index contributed by atoms with van der Waals surface area (Å²) in [6.07, 6.45) is 0.399. The zero-order valence-corrected chi connectivity index (χ0v) is 20.3. The van der Waals surface area contributed by atoms with E-state index in [9.17, 15) is 19.2 Å². The molecule has 0 aromatic heterocycles. The average Bonchev–Trinajstić information content (AvgIpc) is 3.08. The SMILES string of the molecule is CC(C)(C)[C@@H]1[C@@H](NC(=O)c2ccc(Br)c(Cl)c2Cl)CCN1C(=O)[C@@H]1CC(=O)NC(=O)N1. The van der Waals surface area contributed by atoms with E-state index in [4.69, 9.17) is 23.2 Å². The molecule has 2 saturated heterocycles. The summed E-state index contributed by atoms with van der Waals surface area (Å²) in [4.78, 5) is 51.1. The smallest absolute Gasteiger partial charge is 0.322 e. The van der Waals surface area contributed by atoms with E-state index in [1.807, 2.05) is 20.8 Å². The van der Waals surface area contributed by atoms with Crippen molar-refractivity contribution in [1.82, 2.24) is 20.9 Å². The highest BCUT2D eigenvalue weighted by molar-refractivity contribution is 9.10. The molecule has 0 bridgehead atoms. The number of likely N-dealkylation sites (tertiary alicyclic amines) is 1. The van der Waals surface area contributed by atoms with Gasteiger partial charge in [-0.1, -0.05) is 44.0 Å². The maximum atomic E-state index is 13.2. The second kappa shape index (κ2) is 8.96. The van der Waals surface area contributed by atoms with Gasteiger partial charge in [0.15, 0.2) is 0 Å². The van der Waals surface area contributed by atoms with Gasteiger partial charge in [0.1, 0.15) is 6.04 Å². The zero-order valence-electron chi connectivity index (χ0n) is 17.2. The molecule has 1 aromatic carbocycles.